The fraction of sp³-hybridized carbons (Fsp3) is 0.900. The molecule has 2 aliphatic heterocycles. The minimum Gasteiger partial charge on any atom is -0.342 e. The number of thioether (sulfide) groups is 1. The van der Waals surface area contributed by atoms with Crippen LogP contribution < -0.4 is 5.32 Å². The van der Waals surface area contributed by atoms with E-state index in [1.165, 1.54) is 30.8 Å². The van der Waals surface area contributed by atoms with E-state index in [-0.39, 0.29) is 0 Å². The Kier molecular flexibility index (Phi) is 3.70. The van der Waals surface area contributed by atoms with E-state index in [4.69, 9.17) is 0 Å². The summed E-state index contributed by atoms with van der Waals surface area (Å²) in [6.45, 7) is 2.49. The lowest BCUT2D eigenvalue weighted by molar-refractivity contribution is -0.129. The molecule has 0 aromatic carbocycles. The standard InChI is InChI=1S/C10H18N2OS/c13-10(12-4-1-2-5-12)7-11-9-3-6-14-8-9/h9,11H,1-8H2. The number of likely N-dealkylation sites (tertiary alicyclic amines) is 1. The summed E-state index contributed by atoms with van der Waals surface area (Å²) in [5.41, 5.74) is 0. The normalized spacial score (nSPS) is 27.1. The smallest absolute Gasteiger partial charge is 0.236 e. The average molecular weight is 214 g/mol. The van der Waals surface area contributed by atoms with Gasteiger partial charge in [-0.25, -0.2) is 0 Å². The molecular weight excluding hydrogens is 196 g/mol. The molecule has 0 radical (unpaired) electrons. The summed E-state index contributed by atoms with van der Waals surface area (Å²) in [7, 11) is 0. The summed E-state index contributed by atoms with van der Waals surface area (Å²) >= 11 is 1.98. The van der Waals surface area contributed by atoms with Crippen molar-refractivity contribution in [2.24, 2.45) is 0 Å². The molecule has 1 N–H and O–H groups in total. The lowest BCUT2D eigenvalue weighted by Gasteiger charge is -2.17. The molecule has 0 aliphatic carbocycles. The van der Waals surface area contributed by atoms with Crippen molar-refractivity contribution in [1.82, 2.24) is 10.2 Å². The highest BCUT2D eigenvalue weighted by atomic mass is 32.2. The van der Waals surface area contributed by atoms with Crippen molar-refractivity contribution in [3.05, 3.63) is 0 Å². The Balaban J connectivity index is 1.66. The molecule has 1 atom stereocenters. The maximum absolute atomic E-state index is 11.7. The second kappa shape index (κ2) is 5.03. The molecule has 80 valence electrons. The average Bonchev–Trinajstić information content (AvgIpc) is 2.87. The maximum atomic E-state index is 11.7. The van der Waals surface area contributed by atoms with Gasteiger partial charge in [0.25, 0.3) is 0 Å². The molecular formula is C10H18N2OS. The maximum Gasteiger partial charge on any atom is 0.236 e. The molecule has 0 bridgehead atoms. The van der Waals surface area contributed by atoms with E-state index in [0.29, 0.717) is 18.5 Å². The van der Waals surface area contributed by atoms with Gasteiger partial charge in [-0.1, -0.05) is 0 Å². The van der Waals surface area contributed by atoms with Gasteiger partial charge < -0.3 is 10.2 Å². The monoisotopic (exact) mass is 214 g/mol. The minimum absolute atomic E-state index is 0.291. The largest absolute Gasteiger partial charge is 0.342 e. The number of hydrogen-bond donors (Lipinski definition) is 1. The Morgan fingerprint density at radius 3 is 2.86 bits per heavy atom. The van der Waals surface area contributed by atoms with Gasteiger partial charge in [-0.3, -0.25) is 4.79 Å². The highest BCUT2D eigenvalue weighted by Gasteiger charge is 2.20. The van der Waals surface area contributed by atoms with Crippen molar-refractivity contribution in [2.45, 2.75) is 25.3 Å². The number of nitrogens with zero attached hydrogens (tertiary/aromatic N) is 1. The van der Waals surface area contributed by atoms with E-state index >= 15 is 0 Å². The van der Waals surface area contributed by atoms with Gasteiger partial charge in [-0.2, -0.15) is 11.8 Å². The number of carbonyl (C=O) groups is 1. The topological polar surface area (TPSA) is 32.3 Å². The molecule has 1 unspecified atom stereocenters. The second-order valence-electron chi connectivity index (χ2n) is 4.03. The Morgan fingerprint density at radius 1 is 1.43 bits per heavy atom. The van der Waals surface area contributed by atoms with E-state index in [1.54, 1.807) is 0 Å². The fourth-order valence-corrected chi connectivity index (χ4v) is 3.19. The Bertz CT molecular complexity index is 198. The Labute approximate surface area is 89.6 Å². The van der Waals surface area contributed by atoms with Crippen LogP contribution in [0.1, 0.15) is 19.3 Å². The van der Waals surface area contributed by atoms with E-state index in [2.05, 4.69) is 5.32 Å². The molecule has 0 saturated carbocycles. The van der Waals surface area contributed by atoms with Crippen molar-refractivity contribution in [2.75, 3.05) is 31.1 Å². The van der Waals surface area contributed by atoms with Gasteiger partial charge in [0.15, 0.2) is 0 Å². The minimum atomic E-state index is 0.291. The van der Waals surface area contributed by atoms with Crippen LogP contribution in [0.4, 0.5) is 0 Å². The highest BCUT2D eigenvalue weighted by molar-refractivity contribution is 7.99. The molecule has 0 aromatic heterocycles. The third kappa shape index (κ3) is 2.64. The van der Waals surface area contributed by atoms with Crippen LogP contribution in [0, 0.1) is 0 Å². The van der Waals surface area contributed by atoms with Crippen LogP contribution in [0.2, 0.25) is 0 Å². The van der Waals surface area contributed by atoms with Gasteiger partial charge in [-0.15, -0.1) is 0 Å². The molecule has 2 saturated heterocycles. The summed E-state index contributed by atoms with van der Waals surface area (Å²) in [5.74, 6) is 2.71. The van der Waals surface area contributed by atoms with E-state index in [9.17, 15) is 4.79 Å². The van der Waals surface area contributed by atoms with Crippen LogP contribution in [-0.4, -0.2) is 48.0 Å². The quantitative estimate of drug-likeness (QED) is 0.751. The van der Waals surface area contributed by atoms with Gasteiger partial charge in [0, 0.05) is 24.9 Å². The van der Waals surface area contributed by atoms with Crippen LogP contribution in [0.25, 0.3) is 0 Å². The molecule has 14 heavy (non-hydrogen) atoms. The summed E-state index contributed by atoms with van der Waals surface area (Å²) in [6, 6.07) is 0.576. The van der Waals surface area contributed by atoms with Crippen molar-refractivity contribution < 1.29 is 4.79 Å². The predicted octanol–water partition coefficient (Wildman–Crippen LogP) is 0.704. The van der Waals surface area contributed by atoms with Crippen LogP contribution in [0.3, 0.4) is 0 Å². The van der Waals surface area contributed by atoms with Crippen LogP contribution in [-0.2, 0) is 4.79 Å². The van der Waals surface area contributed by atoms with Gasteiger partial charge in [0.2, 0.25) is 5.91 Å². The number of carbonyl (C=O) groups excluding carboxylic acids is 1. The SMILES string of the molecule is O=C(CNC1CCSC1)N1CCCC1. The molecule has 4 heteroatoms. The first-order chi connectivity index (χ1) is 6.86. The van der Waals surface area contributed by atoms with Crippen LogP contribution in [0.5, 0.6) is 0 Å². The molecule has 0 aromatic rings. The summed E-state index contributed by atoms with van der Waals surface area (Å²) in [5, 5.41) is 3.35. The first-order valence-electron chi connectivity index (χ1n) is 5.45. The van der Waals surface area contributed by atoms with Crippen LogP contribution in [0.15, 0.2) is 0 Å². The zero-order valence-electron chi connectivity index (χ0n) is 8.50. The number of nitrogens with one attached hydrogen (secondary N) is 1. The lowest BCUT2D eigenvalue weighted by Crippen LogP contribution is -2.40. The molecule has 3 nitrogen and oxygen atoms in total. The fourth-order valence-electron chi connectivity index (χ4n) is 2.01. The van der Waals surface area contributed by atoms with Crippen molar-refractivity contribution in [3.8, 4) is 0 Å². The Morgan fingerprint density at radius 2 is 2.21 bits per heavy atom. The summed E-state index contributed by atoms with van der Waals surface area (Å²) < 4.78 is 0. The molecule has 2 fully saturated rings. The van der Waals surface area contributed by atoms with E-state index in [1.807, 2.05) is 16.7 Å². The first kappa shape index (κ1) is 10.3. The van der Waals surface area contributed by atoms with E-state index in [0.717, 1.165) is 13.1 Å². The lowest BCUT2D eigenvalue weighted by atomic mass is 10.2. The van der Waals surface area contributed by atoms with Gasteiger partial charge in [0.1, 0.15) is 0 Å². The molecule has 2 aliphatic rings. The summed E-state index contributed by atoms with van der Waals surface area (Å²) in [4.78, 5) is 13.6. The zero-order chi connectivity index (χ0) is 9.80. The number of rotatable bonds is 3. The van der Waals surface area contributed by atoms with Crippen molar-refractivity contribution in [3.63, 3.8) is 0 Å². The third-order valence-corrected chi connectivity index (χ3v) is 4.09. The molecule has 2 rings (SSSR count). The molecule has 1 amide bonds. The number of hydrogen-bond acceptors (Lipinski definition) is 3. The zero-order valence-corrected chi connectivity index (χ0v) is 9.31. The second-order valence-corrected chi connectivity index (χ2v) is 5.18. The summed E-state index contributed by atoms with van der Waals surface area (Å²) in [6.07, 6.45) is 3.59. The van der Waals surface area contributed by atoms with Crippen molar-refractivity contribution in [1.29, 1.82) is 0 Å². The van der Waals surface area contributed by atoms with Gasteiger partial charge in [-0.05, 0) is 25.0 Å². The third-order valence-electron chi connectivity index (χ3n) is 2.93. The van der Waals surface area contributed by atoms with Crippen molar-refractivity contribution >= 4 is 17.7 Å². The van der Waals surface area contributed by atoms with E-state index < -0.39 is 0 Å². The molecule has 0 spiro atoms. The number of amides is 1. The van der Waals surface area contributed by atoms with Gasteiger partial charge >= 0.3 is 0 Å². The van der Waals surface area contributed by atoms with Gasteiger partial charge in [0.05, 0.1) is 6.54 Å². The molecule has 2 heterocycles. The highest BCUT2D eigenvalue weighted by Crippen LogP contribution is 2.16. The first-order valence-corrected chi connectivity index (χ1v) is 6.60. The predicted molar refractivity (Wildman–Crippen MR) is 59.5 cm³/mol. The Hall–Kier alpha value is -0.220. The van der Waals surface area contributed by atoms with Crippen LogP contribution >= 0.6 is 11.8 Å².